The molecule has 0 aliphatic carbocycles. The first-order valence-electron chi connectivity index (χ1n) is 11.3. The van der Waals surface area contributed by atoms with E-state index in [1.165, 1.54) is 15.4 Å². The van der Waals surface area contributed by atoms with Gasteiger partial charge in [0.1, 0.15) is 5.84 Å². The van der Waals surface area contributed by atoms with Gasteiger partial charge in [-0.3, -0.25) is 10.6 Å². The number of aliphatic carboxylic acids is 1. The number of carbonyl (C=O) groups is 1. The number of amidine groups is 1. The van der Waals surface area contributed by atoms with Crippen LogP contribution in [0.1, 0.15) is 5.56 Å². The number of piperazine rings is 1. The van der Waals surface area contributed by atoms with Crippen molar-refractivity contribution in [1.82, 2.24) is 9.80 Å². The molecule has 0 aromatic heterocycles. The van der Waals surface area contributed by atoms with Gasteiger partial charge in [0.15, 0.2) is 0 Å². The molecule has 0 saturated carbocycles. The Balaban J connectivity index is 1.27. The number of aliphatic hydroxyl groups is 1. The molecule has 34 heavy (non-hydrogen) atoms. The second-order valence-electron chi connectivity index (χ2n) is 8.14. The van der Waals surface area contributed by atoms with E-state index in [4.69, 9.17) is 30.4 Å². The van der Waals surface area contributed by atoms with Gasteiger partial charge >= 0.3 is 5.97 Å². The maximum Gasteiger partial charge on any atom is 0.353 e. The third-order valence-electron chi connectivity index (χ3n) is 5.85. The summed E-state index contributed by atoms with van der Waals surface area (Å²) in [6.07, 6.45) is 0. The zero-order valence-corrected chi connectivity index (χ0v) is 19.7. The molecule has 2 heterocycles. The van der Waals surface area contributed by atoms with Gasteiger partial charge in [0.25, 0.3) is 0 Å². The number of carboxylic acid groups (broad SMARTS) is 1. The number of hydrogen-bond acceptors (Lipinski definition) is 9. The molecule has 4 rings (SSSR count). The highest BCUT2D eigenvalue weighted by Gasteiger charge is 2.34. The first kappa shape index (κ1) is 24.6. The molecule has 182 valence electrons. The van der Waals surface area contributed by atoms with Crippen molar-refractivity contribution in [2.75, 3.05) is 59.2 Å². The topological polar surface area (TPSA) is 121 Å². The van der Waals surface area contributed by atoms with E-state index in [1.54, 1.807) is 11.8 Å². The van der Waals surface area contributed by atoms with Crippen LogP contribution in [0.4, 0.5) is 5.69 Å². The lowest BCUT2D eigenvalue weighted by atomic mass is 10.1. The van der Waals surface area contributed by atoms with Crippen LogP contribution in [0, 0.1) is 0 Å². The standard InChI is InChI=1S/C24H30N4O5S/c25-24(17-29,23(30)31)33-16-15-32-14-13-27-9-11-28(12-10-27)22-18-5-1-3-7-20(18)34-21-8-4-2-6-19(21)26-22/h1-8,29H,9-17,25H2,(H,30,31). The van der Waals surface area contributed by atoms with E-state index >= 15 is 0 Å². The lowest BCUT2D eigenvalue weighted by molar-refractivity contribution is -0.173. The Morgan fingerprint density at radius 1 is 1.03 bits per heavy atom. The minimum atomic E-state index is -2.09. The van der Waals surface area contributed by atoms with Gasteiger partial charge in [0, 0.05) is 48.1 Å². The quantitative estimate of drug-likeness (QED) is 0.359. The van der Waals surface area contributed by atoms with Crippen LogP contribution >= 0.6 is 11.8 Å². The molecular formula is C24H30N4O5S. The molecule has 0 radical (unpaired) electrons. The summed E-state index contributed by atoms with van der Waals surface area (Å²) < 4.78 is 10.6. The third kappa shape index (κ3) is 5.77. The van der Waals surface area contributed by atoms with Crippen LogP contribution in [0.5, 0.6) is 0 Å². The van der Waals surface area contributed by atoms with Crippen molar-refractivity contribution in [1.29, 1.82) is 0 Å². The Bertz CT molecular complexity index is 1030. The fourth-order valence-corrected chi connectivity index (χ4v) is 4.86. The second kappa shape index (κ2) is 11.3. The van der Waals surface area contributed by atoms with Crippen molar-refractivity contribution < 1.29 is 24.5 Å². The van der Waals surface area contributed by atoms with Crippen molar-refractivity contribution in [2.45, 2.75) is 15.5 Å². The molecule has 9 nitrogen and oxygen atoms in total. The molecule has 0 amide bonds. The van der Waals surface area contributed by atoms with E-state index in [1.807, 2.05) is 12.1 Å². The second-order valence-corrected chi connectivity index (χ2v) is 9.23. The summed E-state index contributed by atoms with van der Waals surface area (Å²) >= 11 is 1.76. The lowest BCUT2D eigenvalue weighted by Crippen LogP contribution is -2.54. The van der Waals surface area contributed by atoms with Gasteiger partial charge in [-0.25, -0.2) is 9.79 Å². The number of aliphatic hydroxyl groups excluding tert-OH is 1. The van der Waals surface area contributed by atoms with E-state index in [0.717, 1.165) is 44.2 Å². The summed E-state index contributed by atoms with van der Waals surface area (Å²) in [5, 5.41) is 18.0. The number of carboxylic acids is 1. The zero-order chi connectivity index (χ0) is 24.0. The average molecular weight is 487 g/mol. The number of para-hydroxylation sites is 1. The summed E-state index contributed by atoms with van der Waals surface area (Å²) in [6.45, 7) is 4.20. The van der Waals surface area contributed by atoms with E-state index in [0.29, 0.717) is 6.61 Å². The lowest BCUT2D eigenvalue weighted by Gasteiger charge is -2.36. The van der Waals surface area contributed by atoms with Gasteiger partial charge in [0.2, 0.25) is 5.72 Å². The van der Waals surface area contributed by atoms with E-state index in [2.05, 4.69) is 46.2 Å². The van der Waals surface area contributed by atoms with Crippen LogP contribution < -0.4 is 5.73 Å². The Hall–Kier alpha value is -2.47. The number of hydrogen-bond donors (Lipinski definition) is 3. The maximum absolute atomic E-state index is 11.0. The minimum absolute atomic E-state index is 0.00411. The highest BCUT2D eigenvalue weighted by molar-refractivity contribution is 7.99. The number of benzene rings is 2. The molecule has 2 aliphatic heterocycles. The van der Waals surface area contributed by atoms with E-state index in [-0.39, 0.29) is 13.2 Å². The number of ether oxygens (including phenoxy) is 2. The van der Waals surface area contributed by atoms with Crippen LogP contribution in [-0.4, -0.2) is 96.7 Å². The SMILES string of the molecule is NC(CO)(OCCOCCN1CCN(C2=Nc3ccccc3Sc3ccccc32)CC1)C(=O)O. The molecule has 1 unspecified atom stereocenters. The van der Waals surface area contributed by atoms with Gasteiger partial charge in [-0.2, -0.15) is 0 Å². The highest BCUT2D eigenvalue weighted by Crippen LogP contribution is 2.40. The molecule has 1 atom stereocenters. The average Bonchev–Trinajstić information content (AvgIpc) is 3.03. The molecule has 0 bridgehead atoms. The van der Waals surface area contributed by atoms with Gasteiger partial charge in [0.05, 0.1) is 32.1 Å². The Kier molecular flexibility index (Phi) is 8.19. The Morgan fingerprint density at radius 2 is 1.74 bits per heavy atom. The van der Waals surface area contributed by atoms with Crippen LogP contribution in [0.25, 0.3) is 0 Å². The van der Waals surface area contributed by atoms with Crippen LogP contribution in [0.3, 0.4) is 0 Å². The summed E-state index contributed by atoms with van der Waals surface area (Å²) in [5.41, 5.74) is 5.55. The van der Waals surface area contributed by atoms with Crippen LogP contribution in [0.15, 0.2) is 63.3 Å². The van der Waals surface area contributed by atoms with Crippen molar-refractivity contribution in [2.24, 2.45) is 10.7 Å². The van der Waals surface area contributed by atoms with E-state index in [9.17, 15) is 4.79 Å². The molecule has 4 N–H and O–H groups in total. The normalized spacial score (nSPS) is 17.8. The summed E-state index contributed by atoms with van der Waals surface area (Å²) in [4.78, 5) is 23.1. The molecule has 2 aromatic rings. The van der Waals surface area contributed by atoms with Crippen molar-refractivity contribution in [3.63, 3.8) is 0 Å². The van der Waals surface area contributed by atoms with Crippen LogP contribution in [0.2, 0.25) is 0 Å². The number of nitrogens with two attached hydrogens (primary N) is 1. The van der Waals surface area contributed by atoms with Gasteiger partial charge in [-0.1, -0.05) is 42.1 Å². The largest absolute Gasteiger partial charge is 0.478 e. The molecule has 0 spiro atoms. The van der Waals surface area contributed by atoms with Crippen molar-refractivity contribution >= 4 is 29.3 Å². The fourth-order valence-electron chi connectivity index (χ4n) is 3.85. The van der Waals surface area contributed by atoms with E-state index < -0.39 is 18.3 Å². The van der Waals surface area contributed by atoms with Gasteiger partial charge < -0.3 is 24.6 Å². The fraction of sp³-hybridized carbons (Fsp3) is 0.417. The number of aliphatic imine (C=N–C) groups is 1. The number of nitrogens with zero attached hydrogens (tertiary/aromatic N) is 3. The molecule has 1 saturated heterocycles. The zero-order valence-electron chi connectivity index (χ0n) is 18.9. The van der Waals surface area contributed by atoms with Crippen LogP contribution in [-0.2, 0) is 14.3 Å². The molecule has 1 fully saturated rings. The smallest absolute Gasteiger partial charge is 0.353 e. The molecular weight excluding hydrogens is 456 g/mol. The number of fused-ring (bicyclic) bond motifs is 2. The maximum atomic E-state index is 11.0. The monoisotopic (exact) mass is 486 g/mol. The van der Waals surface area contributed by atoms with Gasteiger partial charge in [-0.15, -0.1) is 0 Å². The third-order valence-corrected chi connectivity index (χ3v) is 6.99. The highest BCUT2D eigenvalue weighted by atomic mass is 32.2. The minimum Gasteiger partial charge on any atom is -0.478 e. The summed E-state index contributed by atoms with van der Waals surface area (Å²) in [6, 6.07) is 16.7. The number of rotatable bonds is 9. The summed E-state index contributed by atoms with van der Waals surface area (Å²) in [7, 11) is 0. The predicted molar refractivity (Wildman–Crippen MR) is 130 cm³/mol. The Morgan fingerprint density at radius 3 is 2.47 bits per heavy atom. The van der Waals surface area contributed by atoms with Gasteiger partial charge in [-0.05, 0) is 18.2 Å². The van der Waals surface area contributed by atoms with Crippen molar-refractivity contribution in [3.05, 3.63) is 54.1 Å². The molecule has 2 aromatic carbocycles. The summed E-state index contributed by atoms with van der Waals surface area (Å²) in [5.74, 6) is -0.385. The first-order valence-corrected chi connectivity index (χ1v) is 12.1. The molecule has 10 heteroatoms. The predicted octanol–water partition coefficient (Wildman–Crippen LogP) is 1.61. The first-order chi connectivity index (χ1) is 16.5. The Labute approximate surface area is 203 Å². The molecule has 2 aliphatic rings. The van der Waals surface area contributed by atoms with Crippen molar-refractivity contribution in [3.8, 4) is 0 Å².